The molecular weight excluding hydrogens is 240 g/mol. The van der Waals surface area contributed by atoms with Gasteiger partial charge < -0.3 is 15.8 Å². The van der Waals surface area contributed by atoms with Gasteiger partial charge in [-0.1, -0.05) is 12.1 Å². The van der Waals surface area contributed by atoms with E-state index in [2.05, 4.69) is 10.1 Å². The maximum Gasteiger partial charge on any atom is 0.337 e. The average molecular weight is 256 g/mol. The lowest BCUT2D eigenvalue weighted by Crippen LogP contribution is -2.02. The molecule has 98 valence electrons. The summed E-state index contributed by atoms with van der Waals surface area (Å²) < 4.78 is 4.69. The number of benzene rings is 2. The number of nitrogen functional groups attached to an aromatic ring is 1. The Kier molecular flexibility index (Phi) is 3.71. The Morgan fingerprint density at radius 3 is 2.68 bits per heavy atom. The van der Waals surface area contributed by atoms with Crippen molar-refractivity contribution in [3.63, 3.8) is 0 Å². The first-order valence-corrected chi connectivity index (χ1v) is 5.91. The van der Waals surface area contributed by atoms with Gasteiger partial charge in [0.2, 0.25) is 0 Å². The number of anilines is 3. The van der Waals surface area contributed by atoms with Gasteiger partial charge in [0.15, 0.2) is 0 Å². The van der Waals surface area contributed by atoms with E-state index >= 15 is 0 Å². The zero-order valence-corrected chi connectivity index (χ0v) is 10.9. The molecule has 0 atom stereocenters. The van der Waals surface area contributed by atoms with Crippen LogP contribution in [0.3, 0.4) is 0 Å². The first-order chi connectivity index (χ1) is 9.10. The topological polar surface area (TPSA) is 64.3 Å². The second-order valence-corrected chi connectivity index (χ2v) is 4.29. The molecule has 0 heterocycles. The number of nitrogens with one attached hydrogen (secondary N) is 1. The van der Waals surface area contributed by atoms with Crippen molar-refractivity contribution in [2.45, 2.75) is 6.92 Å². The highest BCUT2D eigenvalue weighted by molar-refractivity contribution is 5.90. The summed E-state index contributed by atoms with van der Waals surface area (Å²) in [6.07, 6.45) is 0. The molecule has 2 aromatic rings. The summed E-state index contributed by atoms with van der Waals surface area (Å²) in [5.74, 6) is -0.361. The van der Waals surface area contributed by atoms with Crippen molar-refractivity contribution >= 4 is 23.0 Å². The molecule has 0 saturated carbocycles. The molecule has 0 spiro atoms. The van der Waals surface area contributed by atoms with Gasteiger partial charge in [0, 0.05) is 5.69 Å². The van der Waals surface area contributed by atoms with Crippen LogP contribution in [0.25, 0.3) is 0 Å². The molecule has 4 heteroatoms. The van der Waals surface area contributed by atoms with Gasteiger partial charge in [0.05, 0.1) is 24.0 Å². The van der Waals surface area contributed by atoms with Gasteiger partial charge in [-0.2, -0.15) is 0 Å². The molecule has 0 radical (unpaired) electrons. The number of rotatable bonds is 3. The summed E-state index contributed by atoms with van der Waals surface area (Å²) >= 11 is 0. The molecule has 0 unspecified atom stereocenters. The highest BCUT2D eigenvalue weighted by Crippen LogP contribution is 2.24. The van der Waals surface area contributed by atoms with Crippen molar-refractivity contribution in [1.82, 2.24) is 0 Å². The molecule has 0 aliphatic carbocycles. The predicted octanol–water partition coefficient (Wildman–Crippen LogP) is 3.11. The van der Waals surface area contributed by atoms with Crippen LogP contribution in [-0.4, -0.2) is 13.1 Å². The lowest BCUT2D eigenvalue weighted by molar-refractivity contribution is 0.0601. The summed E-state index contributed by atoms with van der Waals surface area (Å²) in [5, 5.41) is 3.19. The monoisotopic (exact) mass is 256 g/mol. The van der Waals surface area contributed by atoms with E-state index in [1.165, 1.54) is 7.11 Å². The molecule has 4 nitrogen and oxygen atoms in total. The molecule has 19 heavy (non-hydrogen) atoms. The minimum absolute atomic E-state index is 0.361. The largest absolute Gasteiger partial charge is 0.465 e. The third kappa shape index (κ3) is 3.04. The number of ether oxygens (including phenoxy) is 1. The number of methoxy groups -OCH3 is 1. The molecule has 2 rings (SSSR count). The van der Waals surface area contributed by atoms with E-state index in [1.54, 1.807) is 18.2 Å². The van der Waals surface area contributed by atoms with Crippen LogP contribution in [0.1, 0.15) is 15.9 Å². The van der Waals surface area contributed by atoms with Crippen LogP contribution < -0.4 is 11.1 Å². The SMILES string of the molecule is COC(=O)c1cccc(Nc2ccc(C)cc2N)c1. The Labute approximate surface area is 112 Å². The van der Waals surface area contributed by atoms with Crippen LogP contribution in [-0.2, 0) is 4.74 Å². The third-order valence-electron chi connectivity index (χ3n) is 2.77. The minimum Gasteiger partial charge on any atom is -0.465 e. The van der Waals surface area contributed by atoms with Crippen molar-refractivity contribution in [2.24, 2.45) is 0 Å². The molecular formula is C15H16N2O2. The van der Waals surface area contributed by atoms with Crippen molar-refractivity contribution in [2.75, 3.05) is 18.2 Å². The second kappa shape index (κ2) is 5.44. The Hall–Kier alpha value is -2.49. The third-order valence-corrected chi connectivity index (χ3v) is 2.77. The zero-order chi connectivity index (χ0) is 13.8. The van der Waals surface area contributed by atoms with E-state index in [0.717, 1.165) is 16.9 Å². The van der Waals surface area contributed by atoms with Gasteiger partial charge in [0.1, 0.15) is 0 Å². The van der Waals surface area contributed by atoms with Crippen LogP contribution in [0.2, 0.25) is 0 Å². The number of esters is 1. The van der Waals surface area contributed by atoms with Gasteiger partial charge in [-0.15, -0.1) is 0 Å². The Bertz CT molecular complexity index is 609. The van der Waals surface area contributed by atoms with E-state index in [9.17, 15) is 4.79 Å². The number of carbonyl (C=O) groups excluding carboxylic acids is 1. The molecule has 3 N–H and O–H groups in total. The van der Waals surface area contributed by atoms with Crippen molar-refractivity contribution < 1.29 is 9.53 Å². The fraction of sp³-hybridized carbons (Fsp3) is 0.133. The van der Waals surface area contributed by atoms with E-state index < -0.39 is 0 Å². The molecule has 0 aliphatic heterocycles. The maximum atomic E-state index is 11.5. The Morgan fingerprint density at radius 2 is 2.00 bits per heavy atom. The first kappa shape index (κ1) is 13.0. The first-order valence-electron chi connectivity index (χ1n) is 5.91. The smallest absolute Gasteiger partial charge is 0.337 e. The van der Waals surface area contributed by atoms with Crippen molar-refractivity contribution in [3.05, 3.63) is 53.6 Å². The Morgan fingerprint density at radius 1 is 1.21 bits per heavy atom. The molecule has 0 saturated heterocycles. The van der Waals surface area contributed by atoms with Crippen molar-refractivity contribution in [3.8, 4) is 0 Å². The van der Waals surface area contributed by atoms with Crippen LogP contribution in [0.5, 0.6) is 0 Å². The lowest BCUT2D eigenvalue weighted by Gasteiger charge is -2.10. The van der Waals surface area contributed by atoms with Gasteiger partial charge >= 0.3 is 5.97 Å². The molecule has 0 bridgehead atoms. The normalized spacial score (nSPS) is 10.0. The van der Waals surface area contributed by atoms with Gasteiger partial charge in [-0.3, -0.25) is 0 Å². The summed E-state index contributed by atoms with van der Waals surface area (Å²) in [5.41, 5.74) is 9.81. The van der Waals surface area contributed by atoms with Crippen LogP contribution in [0.15, 0.2) is 42.5 Å². The fourth-order valence-corrected chi connectivity index (χ4v) is 1.79. The van der Waals surface area contributed by atoms with E-state index in [1.807, 2.05) is 31.2 Å². The summed E-state index contributed by atoms with van der Waals surface area (Å²) in [6, 6.07) is 12.9. The molecule has 0 amide bonds. The Balaban J connectivity index is 2.26. The minimum atomic E-state index is -0.361. The molecule has 2 aromatic carbocycles. The molecule has 0 aliphatic rings. The highest BCUT2D eigenvalue weighted by atomic mass is 16.5. The standard InChI is InChI=1S/C15H16N2O2/c1-10-6-7-14(13(16)8-10)17-12-5-3-4-11(9-12)15(18)19-2/h3-9,17H,16H2,1-2H3. The van der Waals surface area contributed by atoms with Gasteiger partial charge in [-0.25, -0.2) is 4.79 Å². The van der Waals surface area contributed by atoms with E-state index in [0.29, 0.717) is 11.3 Å². The molecule has 0 fully saturated rings. The summed E-state index contributed by atoms with van der Waals surface area (Å²) in [7, 11) is 1.36. The van der Waals surface area contributed by atoms with Crippen molar-refractivity contribution in [1.29, 1.82) is 0 Å². The lowest BCUT2D eigenvalue weighted by atomic mass is 10.1. The predicted molar refractivity (Wildman–Crippen MR) is 76.7 cm³/mol. The molecule has 0 aromatic heterocycles. The fourth-order valence-electron chi connectivity index (χ4n) is 1.79. The number of aryl methyl sites for hydroxylation is 1. The number of hydrogen-bond acceptors (Lipinski definition) is 4. The van der Waals surface area contributed by atoms with Gasteiger partial charge in [0.25, 0.3) is 0 Å². The van der Waals surface area contributed by atoms with Crippen LogP contribution >= 0.6 is 0 Å². The van der Waals surface area contributed by atoms with E-state index in [-0.39, 0.29) is 5.97 Å². The number of carbonyl (C=O) groups is 1. The highest BCUT2D eigenvalue weighted by Gasteiger charge is 2.06. The quantitative estimate of drug-likeness (QED) is 0.654. The summed E-state index contributed by atoms with van der Waals surface area (Å²) in [6.45, 7) is 1.98. The van der Waals surface area contributed by atoms with Gasteiger partial charge in [-0.05, 0) is 42.8 Å². The maximum absolute atomic E-state index is 11.5. The zero-order valence-electron chi connectivity index (χ0n) is 10.9. The second-order valence-electron chi connectivity index (χ2n) is 4.29. The van der Waals surface area contributed by atoms with Crippen LogP contribution in [0.4, 0.5) is 17.1 Å². The van der Waals surface area contributed by atoms with Crippen LogP contribution in [0, 0.1) is 6.92 Å². The average Bonchev–Trinajstić information content (AvgIpc) is 2.41. The number of nitrogens with two attached hydrogens (primary N) is 1. The summed E-state index contributed by atoms with van der Waals surface area (Å²) in [4.78, 5) is 11.5. The van der Waals surface area contributed by atoms with E-state index in [4.69, 9.17) is 5.73 Å². The number of hydrogen-bond donors (Lipinski definition) is 2.